The molecule has 0 aliphatic rings. The first kappa shape index (κ1) is 15.2. The molecule has 6 heteroatoms. The summed E-state index contributed by atoms with van der Waals surface area (Å²) in [6, 6.07) is 13.9. The molecule has 2 aromatic rings. The largest absolute Gasteiger partial charge is 0.465 e. The lowest BCUT2D eigenvalue weighted by molar-refractivity contribution is 0.0600. The molecular weight excluding hydrogens is 284 g/mol. The van der Waals surface area contributed by atoms with Gasteiger partial charge in [-0.3, -0.25) is 10.1 Å². The Morgan fingerprint density at radius 3 is 2.09 bits per heavy atom. The number of amides is 3. The molecule has 0 fully saturated rings. The maximum atomic E-state index is 11.8. The zero-order chi connectivity index (χ0) is 15.9. The van der Waals surface area contributed by atoms with Crippen LogP contribution in [0.4, 0.5) is 10.5 Å². The number of methoxy groups -OCH3 is 1. The van der Waals surface area contributed by atoms with Crippen molar-refractivity contribution in [3.05, 3.63) is 65.7 Å². The Morgan fingerprint density at radius 2 is 1.50 bits per heavy atom. The number of anilines is 1. The van der Waals surface area contributed by atoms with Gasteiger partial charge >= 0.3 is 12.0 Å². The molecule has 2 N–H and O–H groups in total. The Hall–Kier alpha value is -3.15. The fourth-order valence-corrected chi connectivity index (χ4v) is 1.73. The highest BCUT2D eigenvalue weighted by Crippen LogP contribution is 2.10. The summed E-state index contributed by atoms with van der Waals surface area (Å²) in [5.41, 5.74) is 1.21. The number of urea groups is 1. The molecule has 0 heterocycles. The van der Waals surface area contributed by atoms with Crippen LogP contribution in [0, 0.1) is 0 Å². The van der Waals surface area contributed by atoms with Crippen molar-refractivity contribution in [1.29, 1.82) is 0 Å². The predicted molar refractivity (Wildman–Crippen MR) is 80.7 cm³/mol. The van der Waals surface area contributed by atoms with Crippen LogP contribution in [0.2, 0.25) is 0 Å². The number of ether oxygens (including phenoxy) is 1. The molecule has 112 valence electrons. The second-order valence-electron chi connectivity index (χ2n) is 4.34. The Bertz CT molecular complexity index is 681. The summed E-state index contributed by atoms with van der Waals surface area (Å²) >= 11 is 0. The first-order chi connectivity index (χ1) is 10.6. The summed E-state index contributed by atoms with van der Waals surface area (Å²) in [5.74, 6) is -0.959. The number of nitrogens with one attached hydrogen (secondary N) is 2. The predicted octanol–water partition coefficient (Wildman–Crippen LogP) is 2.44. The molecule has 2 aromatic carbocycles. The van der Waals surface area contributed by atoms with Gasteiger partial charge in [0, 0.05) is 11.3 Å². The van der Waals surface area contributed by atoms with Gasteiger partial charge in [-0.2, -0.15) is 0 Å². The number of benzene rings is 2. The third-order valence-electron chi connectivity index (χ3n) is 2.83. The quantitative estimate of drug-likeness (QED) is 0.852. The van der Waals surface area contributed by atoms with Crippen molar-refractivity contribution in [1.82, 2.24) is 5.32 Å². The number of rotatable bonds is 3. The second-order valence-corrected chi connectivity index (χ2v) is 4.34. The smallest absolute Gasteiger partial charge is 0.337 e. The Kier molecular flexibility index (Phi) is 4.87. The molecule has 0 unspecified atom stereocenters. The van der Waals surface area contributed by atoms with Gasteiger partial charge in [0.1, 0.15) is 0 Å². The first-order valence-corrected chi connectivity index (χ1v) is 6.46. The van der Waals surface area contributed by atoms with Gasteiger partial charge in [-0.15, -0.1) is 0 Å². The topological polar surface area (TPSA) is 84.5 Å². The van der Waals surface area contributed by atoms with Gasteiger partial charge in [-0.25, -0.2) is 9.59 Å². The van der Waals surface area contributed by atoms with Gasteiger partial charge < -0.3 is 10.1 Å². The van der Waals surface area contributed by atoms with Crippen molar-refractivity contribution in [2.24, 2.45) is 0 Å². The van der Waals surface area contributed by atoms with E-state index in [-0.39, 0.29) is 0 Å². The molecular formula is C16H14N2O4. The Labute approximate surface area is 127 Å². The van der Waals surface area contributed by atoms with Gasteiger partial charge in [0.2, 0.25) is 0 Å². The molecule has 2 rings (SSSR count). The van der Waals surface area contributed by atoms with Gasteiger partial charge in [-0.05, 0) is 36.4 Å². The number of carbonyl (C=O) groups is 3. The summed E-state index contributed by atoms with van der Waals surface area (Å²) in [5, 5.41) is 4.72. The molecule has 0 bridgehead atoms. The Morgan fingerprint density at radius 1 is 0.864 bits per heavy atom. The van der Waals surface area contributed by atoms with Crippen LogP contribution in [0.5, 0.6) is 0 Å². The van der Waals surface area contributed by atoms with Crippen LogP contribution in [-0.4, -0.2) is 25.0 Å². The minimum Gasteiger partial charge on any atom is -0.465 e. The van der Waals surface area contributed by atoms with E-state index in [0.29, 0.717) is 16.8 Å². The van der Waals surface area contributed by atoms with E-state index in [0.717, 1.165) is 0 Å². The van der Waals surface area contributed by atoms with E-state index in [9.17, 15) is 14.4 Å². The van der Waals surface area contributed by atoms with E-state index in [4.69, 9.17) is 0 Å². The van der Waals surface area contributed by atoms with Crippen LogP contribution in [0.25, 0.3) is 0 Å². The number of hydrogen-bond acceptors (Lipinski definition) is 4. The average molecular weight is 298 g/mol. The van der Waals surface area contributed by atoms with E-state index in [1.807, 2.05) is 0 Å². The monoisotopic (exact) mass is 298 g/mol. The average Bonchev–Trinajstić information content (AvgIpc) is 2.55. The number of hydrogen-bond donors (Lipinski definition) is 2. The Balaban J connectivity index is 1.95. The van der Waals surface area contributed by atoms with Crippen LogP contribution < -0.4 is 10.6 Å². The van der Waals surface area contributed by atoms with Gasteiger partial charge in [-0.1, -0.05) is 18.2 Å². The molecule has 0 saturated heterocycles. The van der Waals surface area contributed by atoms with Crippen molar-refractivity contribution in [3.8, 4) is 0 Å². The molecule has 0 aliphatic carbocycles. The maximum absolute atomic E-state index is 11.8. The fourth-order valence-electron chi connectivity index (χ4n) is 1.73. The molecule has 3 amide bonds. The highest BCUT2D eigenvalue weighted by molar-refractivity contribution is 6.08. The number of esters is 1. The van der Waals surface area contributed by atoms with E-state index in [1.54, 1.807) is 42.5 Å². The van der Waals surface area contributed by atoms with Gasteiger partial charge in [0.05, 0.1) is 12.7 Å². The molecule has 0 spiro atoms. The summed E-state index contributed by atoms with van der Waals surface area (Å²) in [4.78, 5) is 34.8. The zero-order valence-electron chi connectivity index (χ0n) is 11.8. The van der Waals surface area contributed by atoms with Crippen LogP contribution in [-0.2, 0) is 4.74 Å². The number of imide groups is 1. The highest BCUT2D eigenvalue weighted by Gasteiger charge is 2.10. The summed E-state index contributed by atoms with van der Waals surface area (Å²) in [6.45, 7) is 0. The van der Waals surface area contributed by atoms with Crippen LogP contribution in [0.1, 0.15) is 20.7 Å². The summed E-state index contributed by atoms with van der Waals surface area (Å²) in [6.07, 6.45) is 0. The molecule has 22 heavy (non-hydrogen) atoms. The van der Waals surface area contributed by atoms with Crippen molar-refractivity contribution in [3.63, 3.8) is 0 Å². The third kappa shape index (κ3) is 3.92. The summed E-state index contributed by atoms with van der Waals surface area (Å²) < 4.78 is 4.58. The normalized spacial score (nSPS) is 9.68. The molecule has 0 aliphatic heterocycles. The minimum absolute atomic E-state index is 0.369. The van der Waals surface area contributed by atoms with Crippen molar-refractivity contribution in [2.45, 2.75) is 0 Å². The van der Waals surface area contributed by atoms with E-state index < -0.39 is 17.9 Å². The van der Waals surface area contributed by atoms with Crippen LogP contribution in [0.15, 0.2) is 54.6 Å². The first-order valence-electron chi connectivity index (χ1n) is 6.46. The van der Waals surface area contributed by atoms with E-state index in [1.165, 1.54) is 19.2 Å². The molecule has 0 saturated carbocycles. The van der Waals surface area contributed by atoms with E-state index in [2.05, 4.69) is 15.4 Å². The second kappa shape index (κ2) is 7.03. The van der Waals surface area contributed by atoms with E-state index >= 15 is 0 Å². The summed E-state index contributed by atoms with van der Waals surface area (Å²) in [7, 11) is 1.29. The van der Waals surface area contributed by atoms with Crippen molar-refractivity contribution in [2.75, 3.05) is 12.4 Å². The minimum atomic E-state index is -0.653. The lowest BCUT2D eigenvalue weighted by Gasteiger charge is -2.07. The van der Waals surface area contributed by atoms with Gasteiger partial charge in [0.15, 0.2) is 0 Å². The fraction of sp³-hybridized carbons (Fsp3) is 0.0625. The molecule has 0 aromatic heterocycles. The SMILES string of the molecule is COC(=O)c1ccc(NC(=O)NC(=O)c2ccccc2)cc1. The van der Waals surface area contributed by atoms with Gasteiger partial charge in [0.25, 0.3) is 5.91 Å². The third-order valence-corrected chi connectivity index (χ3v) is 2.83. The number of carbonyl (C=O) groups excluding carboxylic acids is 3. The lowest BCUT2D eigenvalue weighted by Crippen LogP contribution is -2.34. The van der Waals surface area contributed by atoms with Crippen LogP contribution in [0.3, 0.4) is 0 Å². The highest BCUT2D eigenvalue weighted by atomic mass is 16.5. The molecule has 6 nitrogen and oxygen atoms in total. The molecule has 0 atom stereocenters. The van der Waals surface area contributed by atoms with Crippen molar-refractivity contribution >= 4 is 23.6 Å². The standard InChI is InChI=1S/C16H14N2O4/c1-22-15(20)12-7-9-13(10-8-12)17-16(21)18-14(19)11-5-3-2-4-6-11/h2-10H,1H3,(H2,17,18,19,21). The zero-order valence-corrected chi connectivity index (χ0v) is 11.8. The lowest BCUT2D eigenvalue weighted by atomic mass is 10.2. The van der Waals surface area contributed by atoms with Crippen LogP contribution >= 0.6 is 0 Å². The maximum Gasteiger partial charge on any atom is 0.337 e. The van der Waals surface area contributed by atoms with Crippen molar-refractivity contribution < 1.29 is 19.1 Å². The molecule has 0 radical (unpaired) electrons.